The van der Waals surface area contributed by atoms with Crippen LogP contribution in [0.25, 0.3) is 11.0 Å². The Kier molecular flexibility index (Phi) is 3.84. The Balaban J connectivity index is 1.73. The molecular formula is C16H15BN3O. The van der Waals surface area contributed by atoms with Gasteiger partial charge in [0.15, 0.2) is 0 Å². The minimum atomic E-state index is 0.664. The summed E-state index contributed by atoms with van der Waals surface area (Å²) in [5.41, 5.74) is 4.88. The number of nitrogens with one attached hydrogen (secondary N) is 1. The molecule has 0 fully saturated rings. The highest BCUT2D eigenvalue weighted by Gasteiger charge is 2.01. The van der Waals surface area contributed by atoms with E-state index in [4.69, 9.17) is 5.02 Å². The lowest BCUT2D eigenvalue weighted by Gasteiger charge is -2.07. The molecule has 0 atom stereocenters. The topological polar surface area (TPSA) is 58.0 Å². The molecule has 0 spiro atoms. The highest BCUT2D eigenvalue weighted by atomic mass is 16.2. The smallest absolute Gasteiger partial charge is 0.326 e. The molecule has 5 heteroatoms. The number of hydrogen-bond acceptors (Lipinski definition) is 4. The highest BCUT2D eigenvalue weighted by molar-refractivity contribution is 6.45. The minimum Gasteiger partial charge on any atom is -0.450 e. The van der Waals surface area contributed by atoms with E-state index >= 15 is 0 Å². The average Bonchev–Trinajstić information content (AvgIpc) is 2.53. The number of rotatable bonds is 4. The summed E-state index contributed by atoms with van der Waals surface area (Å²) in [6.07, 6.45) is 1.75. The number of benzene rings is 2. The van der Waals surface area contributed by atoms with Gasteiger partial charge in [0.25, 0.3) is 0 Å². The second-order valence-electron chi connectivity index (χ2n) is 4.97. The number of nitrogens with zero attached hydrogens (tertiary/aromatic N) is 2. The fourth-order valence-electron chi connectivity index (χ4n) is 2.12. The van der Waals surface area contributed by atoms with Gasteiger partial charge in [-0.1, -0.05) is 35.8 Å². The highest BCUT2D eigenvalue weighted by Crippen LogP contribution is 2.14. The van der Waals surface area contributed by atoms with E-state index in [1.54, 1.807) is 6.20 Å². The van der Waals surface area contributed by atoms with Gasteiger partial charge in [0.05, 0.1) is 17.2 Å². The van der Waals surface area contributed by atoms with E-state index in [0.717, 1.165) is 35.4 Å². The quantitative estimate of drug-likeness (QED) is 0.713. The standard InChI is InChI=1S/C16H15BN3O/c1-11-2-7-14-15(8-11)18-10-16(20-14)19-9-12-3-5-13(17-21)6-4-12/h2-8,10,21H,9H2,1H3,(H,19,20). The minimum absolute atomic E-state index is 0.664. The molecule has 1 aromatic heterocycles. The maximum atomic E-state index is 8.90. The van der Waals surface area contributed by atoms with Crippen LogP contribution in [-0.2, 0) is 6.54 Å². The Labute approximate surface area is 124 Å². The van der Waals surface area contributed by atoms with E-state index in [0.29, 0.717) is 6.54 Å². The molecule has 0 saturated carbocycles. The van der Waals surface area contributed by atoms with E-state index in [1.165, 1.54) is 5.56 Å². The van der Waals surface area contributed by atoms with Crippen molar-refractivity contribution in [2.24, 2.45) is 0 Å². The normalized spacial score (nSPS) is 10.6. The fourth-order valence-corrected chi connectivity index (χ4v) is 2.12. The lowest BCUT2D eigenvalue weighted by molar-refractivity contribution is 0.615. The first-order chi connectivity index (χ1) is 10.2. The van der Waals surface area contributed by atoms with Crippen molar-refractivity contribution in [3.05, 3.63) is 59.8 Å². The molecule has 4 nitrogen and oxygen atoms in total. The van der Waals surface area contributed by atoms with Crippen molar-refractivity contribution in [1.29, 1.82) is 0 Å². The number of aryl methyl sites for hydroxylation is 1. The molecule has 103 valence electrons. The lowest BCUT2D eigenvalue weighted by atomic mass is 9.88. The predicted octanol–water partition coefficient (Wildman–Crippen LogP) is 1.79. The number of hydrogen-bond donors (Lipinski definition) is 2. The van der Waals surface area contributed by atoms with Crippen LogP contribution in [0.5, 0.6) is 0 Å². The molecule has 0 aliphatic heterocycles. The van der Waals surface area contributed by atoms with Gasteiger partial charge < -0.3 is 10.3 Å². The number of fused-ring (bicyclic) bond motifs is 1. The predicted molar refractivity (Wildman–Crippen MR) is 85.7 cm³/mol. The summed E-state index contributed by atoms with van der Waals surface area (Å²) in [6, 6.07) is 13.7. The molecule has 0 amide bonds. The van der Waals surface area contributed by atoms with E-state index in [-0.39, 0.29) is 0 Å². The summed E-state index contributed by atoms with van der Waals surface area (Å²) in [5.74, 6) is 0.754. The molecule has 1 radical (unpaired) electrons. The number of aromatic nitrogens is 2. The maximum Gasteiger partial charge on any atom is 0.326 e. The summed E-state index contributed by atoms with van der Waals surface area (Å²) >= 11 is 0. The SMILES string of the molecule is Cc1ccc2nc(NCc3ccc([B]O)cc3)cnc2c1. The molecule has 0 saturated heterocycles. The Hall–Kier alpha value is -2.40. The van der Waals surface area contributed by atoms with E-state index in [2.05, 4.69) is 15.3 Å². The Morgan fingerprint density at radius 1 is 1.10 bits per heavy atom. The average molecular weight is 276 g/mol. The lowest BCUT2D eigenvalue weighted by Crippen LogP contribution is -2.13. The molecule has 0 bridgehead atoms. The van der Waals surface area contributed by atoms with Crippen molar-refractivity contribution in [2.75, 3.05) is 5.32 Å². The zero-order chi connectivity index (χ0) is 14.7. The number of anilines is 1. The zero-order valence-corrected chi connectivity index (χ0v) is 11.7. The van der Waals surface area contributed by atoms with Crippen LogP contribution in [0, 0.1) is 6.92 Å². The second-order valence-corrected chi connectivity index (χ2v) is 4.97. The van der Waals surface area contributed by atoms with Crippen molar-refractivity contribution in [3.8, 4) is 0 Å². The van der Waals surface area contributed by atoms with E-state index < -0.39 is 0 Å². The van der Waals surface area contributed by atoms with Gasteiger partial charge in [-0.15, -0.1) is 0 Å². The van der Waals surface area contributed by atoms with Crippen LogP contribution in [0.4, 0.5) is 5.82 Å². The van der Waals surface area contributed by atoms with Gasteiger partial charge in [-0.05, 0) is 30.2 Å². The van der Waals surface area contributed by atoms with Crippen LogP contribution in [0.1, 0.15) is 11.1 Å². The second kappa shape index (κ2) is 5.93. The van der Waals surface area contributed by atoms with Gasteiger partial charge in [-0.25, -0.2) is 4.98 Å². The van der Waals surface area contributed by atoms with Crippen LogP contribution in [0.2, 0.25) is 0 Å². The van der Waals surface area contributed by atoms with Crippen LogP contribution in [-0.4, -0.2) is 22.5 Å². The zero-order valence-electron chi connectivity index (χ0n) is 11.7. The van der Waals surface area contributed by atoms with Crippen molar-refractivity contribution < 1.29 is 5.02 Å². The molecular weight excluding hydrogens is 261 g/mol. The van der Waals surface area contributed by atoms with Gasteiger partial charge in [-0.3, -0.25) is 4.98 Å². The van der Waals surface area contributed by atoms with E-state index in [9.17, 15) is 0 Å². The van der Waals surface area contributed by atoms with Crippen LogP contribution < -0.4 is 10.8 Å². The molecule has 3 aromatic rings. The summed E-state index contributed by atoms with van der Waals surface area (Å²) in [6.45, 7) is 2.71. The van der Waals surface area contributed by atoms with Crippen LogP contribution >= 0.6 is 0 Å². The van der Waals surface area contributed by atoms with Crippen LogP contribution in [0.15, 0.2) is 48.7 Å². The molecule has 0 unspecified atom stereocenters. The first-order valence-corrected chi connectivity index (χ1v) is 6.78. The van der Waals surface area contributed by atoms with Gasteiger partial charge in [0, 0.05) is 6.54 Å². The molecule has 0 aliphatic rings. The molecule has 1 heterocycles. The first-order valence-electron chi connectivity index (χ1n) is 6.78. The summed E-state index contributed by atoms with van der Waals surface area (Å²) < 4.78 is 0. The fraction of sp³-hybridized carbons (Fsp3) is 0.125. The molecule has 0 aliphatic carbocycles. The van der Waals surface area contributed by atoms with Crippen LogP contribution in [0.3, 0.4) is 0 Å². The van der Waals surface area contributed by atoms with Gasteiger partial charge in [0.2, 0.25) is 0 Å². The Morgan fingerprint density at radius 2 is 1.90 bits per heavy atom. The largest absolute Gasteiger partial charge is 0.450 e. The molecule has 2 N–H and O–H groups in total. The third-order valence-corrected chi connectivity index (χ3v) is 3.30. The van der Waals surface area contributed by atoms with Crippen molar-refractivity contribution >= 4 is 29.8 Å². The molecule has 21 heavy (non-hydrogen) atoms. The molecule has 3 rings (SSSR count). The van der Waals surface area contributed by atoms with Crippen molar-refractivity contribution in [3.63, 3.8) is 0 Å². The summed E-state index contributed by atoms with van der Waals surface area (Å²) in [5, 5.41) is 12.2. The van der Waals surface area contributed by atoms with Crippen molar-refractivity contribution in [1.82, 2.24) is 9.97 Å². The molecule has 2 aromatic carbocycles. The Morgan fingerprint density at radius 3 is 2.67 bits per heavy atom. The van der Waals surface area contributed by atoms with Gasteiger partial charge in [-0.2, -0.15) is 0 Å². The van der Waals surface area contributed by atoms with E-state index in [1.807, 2.05) is 49.4 Å². The third kappa shape index (κ3) is 3.20. The first kappa shape index (κ1) is 13.6. The maximum absolute atomic E-state index is 8.90. The van der Waals surface area contributed by atoms with Crippen molar-refractivity contribution in [2.45, 2.75) is 13.5 Å². The third-order valence-electron chi connectivity index (χ3n) is 3.30. The Bertz CT molecular complexity index is 759. The van der Waals surface area contributed by atoms with Gasteiger partial charge in [0.1, 0.15) is 5.82 Å². The summed E-state index contributed by atoms with van der Waals surface area (Å²) in [4.78, 5) is 8.96. The van der Waals surface area contributed by atoms with Gasteiger partial charge >= 0.3 is 7.48 Å². The monoisotopic (exact) mass is 276 g/mol. The summed E-state index contributed by atoms with van der Waals surface area (Å²) in [7, 11) is 1.09.